The van der Waals surface area contributed by atoms with Crippen LogP contribution >= 0.6 is 11.8 Å². The van der Waals surface area contributed by atoms with Gasteiger partial charge in [-0.05, 0) is 49.3 Å². The number of anilines is 1. The van der Waals surface area contributed by atoms with Gasteiger partial charge in [-0.2, -0.15) is 0 Å². The van der Waals surface area contributed by atoms with Gasteiger partial charge in [0.25, 0.3) is 0 Å². The monoisotopic (exact) mass is 222 g/mol. The van der Waals surface area contributed by atoms with Crippen LogP contribution in [0.5, 0.6) is 0 Å². The van der Waals surface area contributed by atoms with Gasteiger partial charge in [0.1, 0.15) is 0 Å². The van der Waals surface area contributed by atoms with Gasteiger partial charge < -0.3 is 11.1 Å². The summed E-state index contributed by atoms with van der Waals surface area (Å²) in [6.07, 6.45) is 4.66. The number of nitrogens with one attached hydrogen (secondary N) is 1. The molecular weight excluding hydrogens is 204 g/mol. The number of hydrogen-bond acceptors (Lipinski definition) is 3. The van der Waals surface area contributed by atoms with Crippen LogP contribution in [-0.4, -0.2) is 19.3 Å². The molecule has 1 aromatic rings. The molecule has 1 saturated heterocycles. The van der Waals surface area contributed by atoms with E-state index in [1.165, 1.54) is 29.8 Å². The van der Waals surface area contributed by atoms with Crippen molar-refractivity contribution >= 4 is 17.4 Å². The number of rotatable bonds is 2. The van der Waals surface area contributed by atoms with Crippen LogP contribution < -0.4 is 11.1 Å². The molecule has 0 amide bonds. The smallest absolute Gasteiger partial charge is 0.0452 e. The Morgan fingerprint density at radius 1 is 1.47 bits per heavy atom. The molecule has 3 N–H and O–H groups in total. The van der Waals surface area contributed by atoms with E-state index < -0.39 is 0 Å². The second-order valence-corrected chi connectivity index (χ2v) is 4.89. The molecule has 1 atom stereocenters. The minimum absolute atomic E-state index is 0.672. The molecule has 3 heteroatoms. The largest absolute Gasteiger partial charge is 0.398 e. The summed E-state index contributed by atoms with van der Waals surface area (Å²) in [5, 5.41) is 3.45. The molecule has 1 aliphatic heterocycles. The quantitative estimate of drug-likeness (QED) is 0.596. The van der Waals surface area contributed by atoms with E-state index in [2.05, 4.69) is 23.7 Å². The zero-order valence-corrected chi connectivity index (χ0v) is 9.94. The lowest BCUT2D eigenvalue weighted by Gasteiger charge is -2.23. The Hall–Kier alpha value is -0.670. The number of hydrogen-bond donors (Lipinski definition) is 2. The van der Waals surface area contributed by atoms with Crippen LogP contribution in [0.3, 0.4) is 0 Å². The fourth-order valence-corrected chi connectivity index (χ4v) is 2.68. The third-order valence-electron chi connectivity index (χ3n) is 3.03. The summed E-state index contributed by atoms with van der Waals surface area (Å²) < 4.78 is 0. The Kier molecular flexibility index (Phi) is 3.54. The molecule has 2 rings (SSSR count). The fourth-order valence-electron chi connectivity index (χ4n) is 2.12. The minimum atomic E-state index is 0.672. The van der Waals surface area contributed by atoms with E-state index in [4.69, 9.17) is 5.73 Å². The van der Waals surface area contributed by atoms with Gasteiger partial charge in [-0.3, -0.25) is 0 Å². The number of nitrogens with two attached hydrogens (primary N) is 1. The lowest BCUT2D eigenvalue weighted by atomic mass is 9.92. The molecule has 2 nitrogen and oxygen atoms in total. The highest BCUT2D eigenvalue weighted by molar-refractivity contribution is 7.98. The van der Waals surface area contributed by atoms with Gasteiger partial charge in [-0.15, -0.1) is 11.8 Å². The SMILES string of the molecule is CSc1cc(C2CCCNC2)ccc1N. The van der Waals surface area contributed by atoms with Gasteiger partial charge in [-0.1, -0.05) is 6.07 Å². The average molecular weight is 222 g/mol. The van der Waals surface area contributed by atoms with Crippen molar-refractivity contribution in [2.24, 2.45) is 0 Å². The molecule has 15 heavy (non-hydrogen) atoms. The minimum Gasteiger partial charge on any atom is -0.398 e. The van der Waals surface area contributed by atoms with Crippen LogP contribution in [0.25, 0.3) is 0 Å². The number of nitrogen functional groups attached to an aromatic ring is 1. The van der Waals surface area contributed by atoms with Crippen LogP contribution in [0, 0.1) is 0 Å². The normalized spacial score (nSPS) is 21.5. The van der Waals surface area contributed by atoms with E-state index in [0.29, 0.717) is 5.92 Å². The highest BCUT2D eigenvalue weighted by Crippen LogP contribution is 2.29. The van der Waals surface area contributed by atoms with Crippen LogP contribution in [0.4, 0.5) is 5.69 Å². The first-order valence-electron chi connectivity index (χ1n) is 5.45. The van der Waals surface area contributed by atoms with E-state index in [-0.39, 0.29) is 0 Å². The molecule has 1 unspecified atom stereocenters. The molecule has 0 bridgehead atoms. The standard InChI is InChI=1S/C12H18N2S/c1-15-12-7-9(4-5-11(12)13)10-3-2-6-14-8-10/h4-5,7,10,14H,2-3,6,8,13H2,1H3. The van der Waals surface area contributed by atoms with Crippen molar-refractivity contribution in [2.45, 2.75) is 23.7 Å². The molecule has 1 heterocycles. The van der Waals surface area contributed by atoms with Gasteiger partial charge in [0, 0.05) is 17.1 Å². The van der Waals surface area contributed by atoms with Crippen molar-refractivity contribution in [3.63, 3.8) is 0 Å². The molecule has 0 aliphatic carbocycles. The van der Waals surface area contributed by atoms with Crippen LogP contribution in [0.1, 0.15) is 24.3 Å². The summed E-state index contributed by atoms with van der Waals surface area (Å²) in [5.41, 5.74) is 8.22. The Morgan fingerprint density at radius 2 is 2.33 bits per heavy atom. The van der Waals surface area contributed by atoms with Gasteiger partial charge in [0.15, 0.2) is 0 Å². The first-order valence-corrected chi connectivity index (χ1v) is 6.68. The first-order chi connectivity index (χ1) is 7.31. The van der Waals surface area contributed by atoms with Crippen molar-refractivity contribution in [3.05, 3.63) is 23.8 Å². The lowest BCUT2D eigenvalue weighted by molar-refractivity contribution is 0.461. The Bertz CT molecular complexity index is 332. The van der Waals surface area contributed by atoms with Gasteiger partial charge in [-0.25, -0.2) is 0 Å². The van der Waals surface area contributed by atoms with Crippen molar-refractivity contribution in [1.29, 1.82) is 0 Å². The molecule has 1 aliphatic rings. The van der Waals surface area contributed by atoms with Crippen molar-refractivity contribution < 1.29 is 0 Å². The second kappa shape index (κ2) is 4.90. The summed E-state index contributed by atoms with van der Waals surface area (Å²) in [6, 6.07) is 6.46. The maximum Gasteiger partial charge on any atom is 0.0452 e. The molecule has 82 valence electrons. The van der Waals surface area contributed by atoms with Gasteiger partial charge in [0.05, 0.1) is 0 Å². The summed E-state index contributed by atoms with van der Waals surface area (Å²) in [4.78, 5) is 1.21. The third-order valence-corrected chi connectivity index (χ3v) is 3.82. The summed E-state index contributed by atoms with van der Waals surface area (Å²) in [6.45, 7) is 2.28. The maximum atomic E-state index is 5.89. The second-order valence-electron chi connectivity index (χ2n) is 4.04. The highest BCUT2D eigenvalue weighted by Gasteiger charge is 2.15. The molecule has 0 spiro atoms. The topological polar surface area (TPSA) is 38.0 Å². The van der Waals surface area contributed by atoms with Crippen LogP contribution in [-0.2, 0) is 0 Å². The maximum absolute atomic E-state index is 5.89. The van der Waals surface area contributed by atoms with Crippen LogP contribution in [0.15, 0.2) is 23.1 Å². The van der Waals surface area contributed by atoms with E-state index in [0.717, 1.165) is 12.2 Å². The number of benzene rings is 1. The van der Waals surface area contributed by atoms with Crippen LogP contribution in [0.2, 0.25) is 0 Å². The van der Waals surface area contributed by atoms with E-state index in [9.17, 15) is 0 Å². The molecular formula is C12H18N2S. The van der Waals surface area contributed by atoms with Gasteiger partial charge in [0.2, 0.25) is 0 Å². The molecule has 1 fully saturated rings. The zero-order valence-electron chi connectivity index (χ0n) is 9.12. The summed E-state index contributed by atoms with van der Waals surface area (Å²) in [5.74, 6) is 0.672. The van der Waals surface area contributed by atoms with E-state index >= 15 is 0 Å². The molecule has 0 aromatic heterocycles. The Labute approximate surface area is 95.6 Å². The molecule has 0 saturated carbocycles. The van der Waals surface area contributed by atoms with Crippen molar-refractivity contribution in [2.75, 3.05) is 25.1 Å². The van der Waals surface area contributed by atoms with E-state index in [1.54, 1.807) is 11.8 Å². The molecule has 1 aromatic carbocycles. The van der Waals surface area contributed by atoms with E-state index in [1.807, 2.05) is 6.07 Å². The van der Waals surface area contributed by atoms with Crippen molar-refractivity contribution in [3.8, 4) is 0 Å². The first kappa shape index (κ1) is 10.8. The lowest BCUT2D eigenvalue weighted by Crippen LogP contribution is -2.28. The average Bonchev–Trinajstić information content (AvgIpc) is 2.31. The third kappa shape index (κ3) is 2.47. The zero-order chi connectivity index (χ0) is 10.7. The number of thioether (sulfide) groups is 1. The summed E-state index contributed by atoms with van der Waals surface area (Å²) in [7, 11) is 0. The van der Waals surface area contributed by atoms with Gasteiger partial charge >= 0.3 is 0 Å². The molecule has 0 radical (unpaired) electrons. The predicted molar refractivity (Wildman–Crippen MR) is 67.5 cm³/mol. The summed E-state index contributed by atoms with van der Waals surface area (Å²) >= 11 is 1.73. The Morgan fingerprint density at radius 3 is 3.00 bits per heavy atom. The predicted octanol–water partition coefficient (Wildman–Crippen LogP) is 2.46. The fraction of sp³-hybridized carbons (Fsp3) is 0.500. The number of piperidine rings is 1. The van der Waals surface area contributed by atoms with Crippen molar-refractivity contribution in [1.82, 2.24) is 5.32 Å². The Balaban J connectivity index is 2.20. The highest BCUT2D eigenvalue weighted by atomic mass is 32.2.